The third-order valence-electron chi connectivity index (χ3n) is 4.71. The molecule has 1 atom stereocenters. The molecule has 114 valence electrons. The molecule has 2 fully saturated rings. The van der Waals surface area contributed by atoms with E-state index in [2.05, 4.69) is 15.6 Å². The van der Waals surface area contributed by atoms with Gasteiger partial charge in [0.1, 0.15) is 5.82 Å². The van der Waals surface area contributed by atoms with Crippen molar-refractivity contribution in [1.29, 1.82) is 0 Å². The Kier molecular flexibility index (Phi) is 3.85. The summed E-state index contributed by atoms with van der Waals surface area (Å²) in [5.74, 6) is 0.857. The molecule has 1 aromatic rings. The Bertz CT molecular complexity index is 508. The Labute approximate surface area is 126 Å². The zero-order valence-electron chi connectivity index (χ0n) is 12.9. The Hall–Kier alpha value is -1.62. The first kappa shape index (κ1) is 14.3. The van der Waals surface area contributed by atoms with E-state index in [9.17, 15) is 4.79 Å². The maximum absolute atomic E-state index is 11.8. The molecule has 1 spiro atoms. The molecule has 0 radical (unpaired) electrons. The number of nitrogens with one attached hydrogen (secondary N) is 2. The van der Waals surface area contributed by atoms with Crippen molar-refractivity contribution in [2.75, 3.05) is 26.0 Å². The van der Waals surface area contributed by atoms with Gasteiger partial charge >= 0.3 is 0 Å². The summed E-state index contributed by atoms with van der Waals surface area (Å²) in [4.78, 5) is 17.8. The normalized spacial score (nSPS) is 23.4. The molecule has 1 saturated heterocycles. The Morgan fingerprint density at radius 1 is 1.43 bits per heavy atom. The van der Waals surface area contributed by atoms with Crippen LogP contribution in [0.2, 0.25) is 0 Å². The monoisotopic (exact) mass is 288 g/mol. The number of hydrogen-bond donors (Lipinski definition) is 2. The molecule has 5 nitrogen and oxygen atoms in total. The average molecular weight is 288 g/mol. The van der Waals surface area contributed by atoms with Crippen molar-refractivity contribution in [2.24, 2.45) is 0 Å². The molecule has 1 aromatic heterocycles. The lowest BCUT2D eigenvalue weighted by Gasteiger charge is -2.48. The minimum Gasteiger partial charge on any atom is -0.367 e. The van der Waals surface area contributed by atoms with Crippen molar-refractivity contribution in [3.05, 3.63) is 23.9 Å². The first-order chi connectivity index (χ1) is 10.1. The van der Waals surface area contributed by atoms with Gasteiger partial charge in [0.25, 0.3) is 5.91 Å². The minimum absolute atomic E-state index is 0.00987. The van der Waals surface area contributed by atoms with E-state index in [1.165, 1.54) is 25.7 Å². The van der Waals surface area contributed by atoms with E-state index in [4.69, 9.17) is 0 Å². The summed E-state index contributed by atoms with van der Waals surface area (Å²) in [6.45, 7) is 1.08. The number of anilines is 1. The number of carbonyl (C=O) groups is 1. The van der Waals surface area contributed by atoms with Crippen LogP contribution in [0.25, 0.3) is 0 Å². The molecule has 2 aliphatic rings. The lowest BCUT2D eigenvalue weighted by Crippen LogP contribution is -2.58. The van der Waals surface area contributed by atoms with Crippen LogP contribution in [0.3, 0.4) is 0 Å². The molecule has 5 heteroatoms. The van der Waals surface area contributed by atoms with Gasteiger partial charge < -0.3 is 15.5 Å². The van der Waals surface area contributed by atoms with Crippen LogP contribution in [0.5, 0.6) is 0 Å². The quantitative estimate of drug-likeness (QED) is 0.891. The highest BCUT2D eigenvalue weighted by Crippen LogP contribution is 2.38. The molecule has 1 saturated carbocycles. The van der Waals surface area contributed by atoms with Crippen LogP contribution < -0.4 is 10.6 Å². The number of amides is 1. The second-order valence-electron chi connectivity index (χ2n) is 6.53. The SMILES string of the molecule is CN(C)C(=O)c1ccc(NC2CCNC3(CCC3)C2)nc1. The van der Waals surface area contributed by atoms with Crippen molar-refractivity contribution < 1.29 is 4.79 Å². The van der Waals surface area contributed by atoms with Crippen molar-refractivity contribution >= 4 is 11.7 Å². The van der Waals surface area contributed by atoms with E-state index in [0.29, 0.717) is 17.1 Å². The fourth-order valence-electron chi connectivity index (χ4n) is 3.34. The van der Waals surface area contributed by atoms with Crippen molar-refractivity contribution in [3.63, 3.8) is 0 Å². The first-order valence-electron chi connectivity index (χ1n) is 7.77. The Morgan fingerprint density at radius 2 is 2.24 bits per heavy atom. The van der Waals surface area contributed by atoms with Crippen LogP contribution in [0, 0.1) is 0 Å². The fraction of sp³-hybridized carbons (Fsp3) is 0.625. The van der Waals surface area contributed by atoms with Crippen LogP contribution in [0.4, 0.5) is 5.82 Å². The molecule has 0 bridgehead atoms. The van der Waals surface area contributed by atoms with Gasteiger partial charge in [-0.1, -0.05) is 0 Å². The first-order valence-corrected chi connectivity index (χ1v) is 7.77. The summed E-state index contributed by atoms with van der Waals surface area (Å²) < 4.78 is 0. The molecule has 3 rings (SSSR count). The number of hydrogen-bond acceptors (Lipinski definition) is 4. The van der Waals surface area contributed by atoms with E-state index in [1.807, 2.05) is 12.1 Å². The van der Waals surface area contributed by atoms with Crippen LogP contribution in [0.1, 0.15) is 42.5 Å². The lowest BCUT2D eigenvalue weighted by atomic mass is 9.70. The van der Waals surface area contributed by atoms with Crippen LogP contribution in [0.15, 0.2) is 18.3 Å². The molecular formula is C16H24N4O. The molecule has 1 unspecified atom stereocenters. The topological polar surface area (TPSA) is 57.3 Å². The number of piperidine rings is 1. The highest BCUT2D eigenvalue weighted by molar-refractivity contribution is 5.93. The molecule has 0 aromatic carbocycles. The third kappa shape index (κ3) is 3.02. The molecule has 2 N–H and O–H groups in total. The van der Waals surface area contributed by atoms with Crippen LogP contribution >= 0.6 is 0 Å². The molecule has 2 heterocycles. The van der Waals surface area contributed by atoms with Crippen molar-refractivity contribution in [3.8, 4) is 0 Å². The zero-order chi connectivity index (χ0) is 14.9. The predicted octanol–water partition coefficient (Wildman–Crippen LogP) is 1.87. The van der Waals surface area contributed by atoms with E-state index < -0.39 is 0 Å². The Balaban J connectivity index is 1.61. The second-order valence-corrected chi connectivity index (χ2v) is 6.53. The highest BCUT2D eigenvalue weighted by Gasteiger charge is 2.40. The van der Waals surface area contributed by atoms with E-state index in [-0.39, 0.29) is 5.91 Å². The number of rotatable bonds is 3. The molecule has 21 heavy (non-hydrogen) atoms. The predicted molar refractivity (Wildman–Crippen MR) is 83.5 cm³/mol. The maximum atomic E-state index is 11.8. The van der Waals surface area contributed by atoms with E-state index >= 15 is 0 Å². The summed E-state index contributed by atoms with van der Waals surface area (Å²) in [7, 11) is 3.50. The molecule has 1 aliphatic carbocycles. The average Bonchev–Trinajstić information content (AvgIpc) is 2.46. The number of nitrogens with zero attached hydrogens (tertiary/aromatic N) is 2. The van der Waals surface area contributed by atoms with Gasteiger partial charge in [0.05, 0.1) is 5.56 Å². The summed E-state index contributed by atoms with van der Waals surface area (Å²) in [5.41, 5.74) is 1.02. The van der Waals surface area contributed by atoms with Gasteiger partial charge in [-0.3, -0.25) is 4.79 Å². The van der Waals surface area contributed by atoms with Gasteiger partial charge in [-0.15, -0.1) is 0 Å². The summed E-state index contributed by atoms with van der Waals surface area (Å²) >= 11 is 0. The van der Waals surface area contributed by atoms with Crippen LogP contribution in [-0.2, 0) is 0 Å². The van der Waals surface area contributed by atoms with Gasteiger partial charge in [0.15, 0.2) is 0 Å². The standard InChI is InChI=1S/C16H24N4O/c1-20(2)15(21)12-4-5-14(17-11-12)19-13-6-9-18-16(10-13)7-3-8-16/h4-5,11,13,18H,3,6-10H2,1-2H3,(H,17,19). The van der Waals surface area contributed by atoms with Gasteiger partial charge in [-0.25, -0.2) is 4.98 Å². The summed E-state index contributed by atoms with van der Waals surface area (Å²) in [5, 5.41) is 7.20. The van der Waals surface area contributed by atoms with Crippen molar-refractivity contribution in [2.45, 2.75) is 43.7 Å². The summed E-state index contributed by atoms with van der Waals surface area (Å²) in [6.07, 6.45) is 7.91. The zero-order valence-corrected chi connectivity index (χ0v) is 12.9. The number of carbonyl (C=O) groups excluding carboxylic acids is 1. The molecular weight excluding hydrogens is 264 g/mol. The lowest BCUT2D eigenvalue weighted by molar-refractivity contribution is 0.0827. The maximum Gasteiger partial charge on any atom is 0.254 e. The van der Waals surface area contributed by atoms with Gasteiger partial charge in [-0.2, -0.15) is 0 Å². The van der Waals surface area contributed by atoms with Crippen molar-refractivity contribution in [1.82, 2.24) is 15.2 Å². The minimum atomic E-state index is -0.00987. The summed E-state index contributed by atoms with van der Waals surface area (Å²) in [6, 6.07) is 4.24. The molecule has 1 aliphatic heterocycles. The smallest absolute Gasteiger partial charge is 0.254 e. The van der Waals surface area contributed by atoms with E-state index in [0.717, 1.165) is 18.8 Å². The Morgan fingerprint density at radius 3 is 2.81 bits per heavy atom. The highest BCUT2D eigenvalue weighted by atomic mass is 16.2. The molecule has 1 amide bonds. The van der Waals surface area contributed by atoms with Crippen LogP contribution in [-0.4, -0.2) is 48.0 Å². The van der Waals surface area contributed by atoms with Gasteiger partial charge in [0.2, 0.25) is 0 Å². The van der Waals surface area contributed by atoms with E-state index in [1.54, 1.807) is 25.2 Å². The number of aromatic nitrogens is 1. The van der Waals surface area contributed by atoms with Gasteiger partial charge in [-0.05, 0) is 50.8 Å². The number of pyridine rings is 1. The third-order valence-corrected chi connectivity index (χ3v) is 4.71. The largest absolute Gasteiger partial charge is 0.367 e. The fourth-order valence-corrected chi connectivity index (χ4v) is 3.34. The second kappa shape index (κ2) is 5.64. The van der Waals surface area contributed by atoms with Gasteiger partial charge in [0, 0.05) is 31.9 Å².